The molecule has 1 aromatic rings. The van der Waals surface area contributed by atoms with Crippen LogP contribution in [0.25, 0.3) is 0 Å². The standard InChI is InChI=1S/C16H21ClN2O5/c1-10-7-8-11(9-12(10)17)18-16(24)19-13(15(22)23)5-3-2-4-6-14(20)21/h7-9,13H,2-6H2,1H3,(H,20,21)(H,22,23)(H2,18,19,24)/t13-/m0/s1. The van der Waals surface area contributed by atoms with Gasteiger partial charge in [0.05, 0.1) is 0 Å². The van der Waals surface area contributed by atoms with Gasteiger partial charge in [-0.2, -0.15) is 0 Å². The molecule has 8 heteroatoms. The van der Waals surface area contributed by atoms with Crippen molar-refractivity contribution in [3.8, 4) is 0 Å². The van der Waals surface area contributed by atoms with Gasteiger partial charge in [-0.1, -0.05) is 30.5 Å². The van der Waals surface area contributed by atoms with Crippen LogP contribution in [0.15, 0.2) is 18.2 Å². The number of rotatable bonds is 9. The first-order valence-electron chi connectivity index (χ1n) is 7.58. The van der Waals surface area contributed by atoms with Gasteiger partial charge in [0, 0.05) is 17.1 Å². The topological polar surface area (TPSA) is 116 Å². The van der Waals surface area contributed by atoms with E-state index >= 15 is 0 Å². The van der Waals surface area contributed by atoms with Crippen LogP contribution in [-0.2, 0) is 9.59 Å². The summed E-state index contributed by atoms with van der Waals surface area (Å²) in [5.41, 5.74) is 1.33. The second-order valence-electron chi connectivity index (χ2n) is 5.45. The van der Waals surface area contributed by atoms with Crippen LogP contribution in [0.2, 0.25) is 5.02 Å². The number of halogens is 1. The minimum Gasteiger partial charge on any atom is -0.481 e. The second kappa shape index (κ2) is 9.77. The number of urea groups is 1. The van der Waals surface area contributed by atoms with E-state index in [2.05, 4.69) is 10.6 Å². The maximum Gasteiger partial charge on any atom is 0.326 e. The van der Waals surface area contributed by atoms with E-state index in [0.29, 0.717) is 30.0 Å². The molecule has 0 aliphatic rings. The van der Waals surface area contributed by atoms with Gasteiger partial charge in [0.1, 0.15) is 6.04 Å². The van der Waals surface area contributed by atoms with Crippen LogP contribution in [0.1, 0.15) is 37.7 Å². The van der Waals surface area contributed by atoms with Gasteiger partial charge < -0.3 is 20.8 Å². The average Bonchev–Trinajstić information content (AvgIpc) is 2.49. The summed E-state index contributed by atoms with van der Waals surface area (Å²) >= 11 is 5.97. The largest absolute Gasteiger partial charge is 0.481 e. The van der Waals surface area contributed by atoms with E-state index in [1.54, 1.807) is 18.2 Å². The fourth-order valence-corrected chi connectivity index (χ4v) is 2.24. The number of carboxylic acid groups (broad SMARTS) is 2. The highest BCUT2D eigenvalue weighted by Crippen LogP contribution is 2.19. The zero-order valence-corrected chi connectivity index (χ0v) is 14.1. The lowest BCUT2D eigenvalue weighted by molar-refractivity contribution is -0.139. The highest BCUT2D eigenvalue weighted by Gasteiger charge is 2.19. The molecule has 0 saturated heterocycles. The summed E-state index contributed by atoms with van der Waals surface area (Å²) in [5, 5.41) is 23.1. The van der Waals surface area contributed by atoms with Crippen molar-refractivity contribution in [2.75, 3.05) is 5.32 Å². The average molecular weight is 357 g/mol. The lowest BCUT2D eigenvalue weighted by atomic mass is 10.1. The molecule has 1 rings (SSSR count). The Balaban J connectivity index is 2.46. The van der Waals surface area contributed by atoms with E-state index in [0.717, 1.165) is 5.56 Å². The normalized spacial score (nSPS) is 11.6. The molecule has 4 N–H and O–H groups in total. The monoisotopic (exact) mass is 356 g/mol. The molecule has 0 aromatic heterocycles. The molecule has 1 aromatic carbocycles. The maximum absolute atomic E-state index is 11.9. The van der Waals surface area contributed by atoms with Gasteiger partial charge in [-0.25, -0.2) is 9.59 Å². The SMILES string of the molecule is Cc1ccc(NC(=O)N[C@@H](CCCCCC(=O)O)C(=O)O)cc1Cl. The van der Waals surface area contributed by atoms with E-state index in [1.165, 1.54) is 0 Å². The zero-order chi connectivity index (χ0) is 18.1. The zero-order valence-electron chi connectivity index (χ0n) is 13.3. The number of aryl methyl sites for hydroxylation is 1. The first kappa shape index (κ1) is 19.8. The first-order valence-corrected chi connectivity index (χ1v) is 7.95. The number of amides is 2. The van der Waals surface area contributed by atoms with Gasteiger partial charge in [-0.3, -0.25) is 4.79 Å². The Morgan fingerprint density at radius 1 is 1.17 bits per heavy atom. The number of carboxylic acids is 2. The Labute approximate surface area is 145 Å². The summed E-state index contributed by atoms with van der Waals surface area (Å²) in [7, 11) is 0. The third-order valence-electron chi connectivity index (χ3n) is 3.42. The van der Waals surface area contributed by atoms with E-state index < -0.39 is 24.0 Å². The predicted octanol–water partition coefficient (Wildman–Crippen LogP) is 3.26. The predicted molar refractivity (Wildman–Crippen MR) is 90.5 cm³/mol. The van der Waals surface area contributed by atoms with Crippen LogP contribution in [0.3, 0.4) is 0 Å². The Morgan fingerprint density at radius 3 is 2.46 bits per heavy atom. The van der Waals surface area contributed by atoms with Crippen molar-refractivity contribution in [2.45, 2.75) is 45.1 Å². The molecule has 0 bridgehead atoms. The number of unbranched alkanes of at least 4 members (excludes halogenated alkanes) is 2. The smallest absolute Gasteiger partial charge is 0.326 e. The molecule has 7 nitrogen and oxygen atoms in total. The van der Waals surface area contributed by atoms with Crippen molar-refractivity contribution in [3.05, 3.63) is 28.8 Å². The van der Waals surface area contributed by atoms with Crippen LogP contribution in [-0.4, -0.2) is 34.2 Å². The van der Waals surface area contributed by atoms with E-state index in [9.17, 15) is 14.4 Å². The highest BCUT2D eigenvalue weighted by molar-refractivity contribution is 6.31. The van der Waals surface area contributed by atoms with Crippen LogP contribution in [0.4, 0.5) is 10.5 Å². The number of aliphatic carboxylic acids is 2. The van der Waals surface area contributed by atoms with E-state index in [1.807, 2.05) is 6.92 Å². The minimum atomic E-state index is -1.13. The van der Waals surface area contributed by atoms with Crippen LogP contribution in [0, 0.1) is 6.92 Å². The lowest BCUT2D eigenvalue weighted by Crippen LogP contribution is -2.43. The van der Waals surface area contributed by atoms with Crippen molar-refractivity contribution < 1.29 is 24.6 Å². The number of nitrogens with one attached hydrogen (secondary N) is 2. The first-order chi connectivity index (χ1) is 11.3. The number of carbonyl (C=O) groups is 3. The number of carbonyl (C=O) groups excluding carboxylic acids is 1. The second-order valence-corrected chi connectivity index (χ2v) is 5.85. The van der Waals surface area contributed by atoms with Gasteiger partial charge in [0.25, 0.3) is 0 Å². The summed E-state index contributed by atoms with van der Waals surface area (Å²) in [4.78, 5) is 33.5. The van der Waals surface area contributed by atoms with Gasteiger partial charge in [-0.05, 0) is 37.5 Å². The molecule has 2 amide bonds. The third-order valence-corrected chi connectivity index (χ3v) is 3.82. The molecule has 0 fully saturated rings. The summed E-state index contributed by atoms with van der Waals surface area (Å²) in [6.07, 6.45) is 1.88. The van der Waals surface area contributed by atoms with Crippen LogP contribution < -0.4 is 10.6 Å². The molecule has 24 heavy (non-hydrogen) atoms. The number of hydrogen-bond acceptors (Lipinski definition) is 3. The molecule has 0 unspecified atom stereocenters. The van der Waals surface area contributed by atoms with E-state index in [4.69, 9.17) is 21.8 Å². The molecule has 0 saturated carbocycles. The van der Waals surface area contributed by atoms with Gasteiger partial charge >= 0.3 is 18.0 Å². The molecule has 0 spiro atoms. The fourth-order valence-electron chi connectivity index (χ4n) is 2.05. The Bertz CT molecular complexity index is 606. The van der Waals surface area contributed by atoms with Crippen molar-refractivity contribution in [3.63, 3.8) is 0 Å². The van der Waals surface area contributed by atoms with Crippen LogP contribution >= 0.6 is 11.6 Å². The Hall–Kier alpha value is -2.28. The van der Waals surface area contributed by atoms with Crippen molar-refractivity contribution in [1.82, 2.24) is 5.32 Å². The molecule has 1 atom stereocenters. The quantitative estimate of drug-likeness (QED) is 0.507. The molecule has 0 aliphatic heterocycles. The summed E-state index contributed by atoms with van der Waals surface area (Å²) in [6.45, 7) is 1.83. The van der Waals surface area contributed by atoms with E-state index in [-0.39, 0.29) is 12.8 Å². The molecule has 0 heterocycles. The van der Waals surface area contributed by atoms with Gasteiger partial charge in [0.2, 0.25) is 0 Å². The summed E-state index contributed by atoms with van der Waals surface area (Å²) in [5.74, 6) is -2.01. The molecular formula is C16H21ClN2O5. The molecule has 0 aliphatic carbocycles. The maximum atomic E-state index is 11.9. The Kier molecular flexibility index (Phi) is 8.05. The number of hydrogen-bond donors (Lipinski definition) is 4. The summed E-state index contributed by atoms with van der Waals surface area (Å²) < 4.78 is 0. The molecular weight excluding hydrogens is 336 g/mol. The lowest BCUT2D eigenvalue weighted by Gasteiger charge is -2.15. The minimum absolute atomic E-state index is 0.0554. The van der Waals surface area contributed by atoms with Crippen molar-refractivity contribution in [1.29, 1.82) is 0 Å². The third kappa shape index (κ3) is 7.32. The number of anilines is 1. The highest BCUT2D eigenvalue weighted by atomic mass is 35.5. The van der Waals surface area contributed by atoms with Gasteiger partial charge in [-0.15, -0.1) is 0 Å². The molecule has 0 radical (unpaired) electrons. The van der Waals surface area contributed by atoms with Crippen LogP contribution in [0.5, 0.6) is 0 Å². The summed E-state index contributed by atoms with van der Waals surface area (Å²) in [6, 6.07) is 3.33. The van der Waals surface area contributed by atoms with Crippen molar-refractivity contribution in [2.24, 2.45) is 0 Å². The Morgan fingerprint density at radius 2 is 1.88 bits per heavy atom. The number of benzene rings is 1. The van der Waals surface area contributed by atoms with Crippen molar-refractivity contribution >= 4 is 35.3 Å². The van der Waals surface area contributed by atoms with Gasteiger partial charge in [0.15, 0.2) is 0 Å². The fraction of sp³-hybridized carbons (Fsp3) is 0.438. The molecule has 132 valence electrons.